The Bertz CT molecular complexity index is 3000. The van der Waals surface area contributed by atoms with Crippen molar-refractivity contribution in [3.63, 3.8) is 0 Å². The highest BCUT2D eigenvalue weighted by Crippen LogP contribution is 2.46. The largest absolute Gasteiger partial charge is 0.416 e. The molecule has 0 saturated heterocycles. The van der Waals surface area contributed by atoms with Crippen LogP contribution in [0.15, 0.2) is 164 Å². The number of benzene rings is 7. The number of halogens is 3. The SMILES string of the molecule is Cc1ccc2c(c1)c1cc(C(F)(F)F)ccc1n2-c1c(-c2ccccc2C#N)cc(-c2nc(-c3ccccc3)cc(-c3ccccc3)n2)cc1-c1ccccc1C#N. The van der Waals surface area contributed by atoms with E-state index in [1.807, 2.05) is 133 Å². The Morgan fingerprint density at radius 1 is 0.500 bits per heavy atom. The number of fused-ring (bicyclic) bond motifs is 3. The molecule has 0 fully saturated rings. The molecule has 0 unspecified atom stereocenters. The summed E-state index contributed by atoms with van der Waals surface area (Å²) < 4.78 is 44.7. The molecule has 0 bridgehead atoms. The second-order valence-electron chi connectivity index (χ2n) is 14.0. The van der Waals surface area contributed by atoms with Crippen molar-refractivity contribution in [3.8, 4) is 74.0 Å². The zero-order valence-electron chi connectivity index (χ0n) is 31.0. The lowest BCUT2D eigenvalue weighted by molar-refractivity contribution is -0.137. The summed E-state index contributed by atoms with van der Waals surface area (Å²) in [5, 5.41) is 22.1. The van der Waals surface area contributed by atoms with E-state index in [9.17, 15) is 23.7 Å². The summed E-state index contributed by atoms with van der Waals surface area (Å²) in [5.41, 5.74) is 8.86. The van der Waals surface area contributed by atoms with Gasteiger partial charge in [-0.05, 0) is 67.6 Å². The molecule has 0 aliphatic carbocycles. The summed E-state index contributed by atoms with van der Waals surface area (Å²) in [6, 6.07) is 54.2. The Kier molecular flexibility index (Phi) is 8.88. The van der Waals surface area contributed by atoms with Crippen LogP contribution >= 0.6 is 0 Å². The first kappa shape index (κ1) is 35.9. The standard InChI is InChI=1S/C50H30F3N5/c1-31-20-22-46-40(24-31)41-27-37(50(51,52)53)21-23-47(41)58(46)48-42(38-18-10-8-16-34(38)29-54)25-36(26-43(48)39-19-11-9-17-35(39)30-55)49-56-44(32-12-4-2-5-13-32)28-45(57-49)33-14-6-3-7-15-33/h2-28H,1H3. The van der Waals surface area contributed by atoms with Crippen LogP contribution < -0.4 is 0 Å². The minimum atomic E-state index is -4.56. The number of rotatable bonds is 6. The molecule has 0 atom stereocenters. The van der Waals surface area contributed by atoms with Crippen LogP contribution in [-0.4, -0.2) is 14.5 Å². The van der Waals surface area contributed by atoms with E-state index in [1.54, 1.807) is 24.3 Å². The molecular weight excluding hydrogens is 728 g/mol. The fourth-order valence-corrected chi connectivity index (χ4v) is 7.69. The molecule has 0 amide bonds. The minimum absolute atomic E-state index is 0.389. The molecule has 9 aromatic rings. The van der Waals surface area contributed by atoms with E-state index in [1.165, 1.54) is 12.1 Å². The van der Waals surface area contributed by atoms with Gasteiger partial charge in [0.05, 0.1) is 56.9 Å². The van der Waals surface area contributed by atoms with Crippen LogP contribution in [0, 0.1) is 29.6 Å². The normalized spacial score (nSPS) is 11.4. The third-order valence-corrected chi connectivity index (χ3v) is 10.4. The van der Waals surface area contributed by atoms with Crippen molar-refractivity contribution in [1.29, 1.82) is 10.5 Å². The third kappa shape index (κ3) is 6.33. The Morgan fingerprint density at radius 2 is 0.983 bits per heavy atom. The van der Waals surface area contributed by atoms with Gasteiger partial charge in [0, 0.05) is 49.7 Å². The highest BCUT2D eigenvalue weighted by molar-refractivity contribution is 6.11. The lowest BCUT2D eigenvalue weighted by Crippen LogP contribution is -2.06. The van der Waals surface area contributed by atoms with Crippen molar-refractivity contribution in [2.45, 2.75) is 13.1 Å². The molecule has 0 aliphatic heterocycles. The molecule has 0 N–H and O–H groups in total. The molecule has 0 radical (unpaired) electrons. The van der Waals surface area contributed by atoms with E-state index in [0.717, 1.165) is 22.8 Å². The fourth-order valence-electron chi connectivity index (χ4n) is 7.69. The van der Waals surface area contributed by atoms with Crippen LogP contribution in [0.4, 0.5) is 13.2 Å². The number of nitrogens with zero attached hydrogens (tertiary/aromatic N) is 5. The van der Waals surface area contributed by atoms with Crippen LogP contribution in [-0.2, 0) is 6.18 Å². The Balaban J connectivity index is 1.46. The fraction of sp³-hybridized carbons (Fsp3) is 0.0400. The van der Waals surface area contributed by atoms with Crippen LogP contribution in [0.1, 0.15) is 22.3 Å². The van der Waals surface area contributed by atoms with Gasteiger partial charge in [0.25, 0.3) is 0 Å². The molecule has 9 rings (SSSR count). The first-order valence-electron chi connectivity index (χ1n) is 18.5. The molecule has 5 nitrogen and oxygen atoms in total. The molecule has 2 heterocycles. The lowest BCUT2D eigenvalue weighted by atomic mass is 9.89. The van der Waals surface area contributed by atoms with Crippen LogP contribution in [0.5, 0.6) is 0 Å². The van der Waals surface area contributed by atoms with Crippen molar-refractivity contribution in [2.24, 2.45) is 0 Å². The molecule has 58 heavy (non-hydrogen) atoms. The molecule has 0 spiro atoms. The Labute approximate surface area is 332 Å². The van der Waals surface area contributed by atoms with Gasteiger partial charge in [0.15, 0.2) is 5.82 Å². The van der Waals surface area contributed by atoms with Crippen LogP contribution in [0.3, 0.4) is 0 Å². The summed E-state index contributed by atoms with van der Waals surface area (Å²) in [6.45, 7) is 1.90. The average molecular weight is 758 g/mol. The quantitative estimate of drug-likeness (QED) is 0.169. The maximum atomic E-state index is 14.3. The van der Waals surface area contributed by atoms with Crippen molar-refractivity contribution in [2.75, 3.05) is 0 Å². The van der Waals surface area contributed by atoms with E-state index in [2.05, 4.69) is 12.1 Å². The second-order valence-corrected chi connectivity index (χ2v) is 14.0. The van der Waals surface area contributed by atoms with Gasteiger partial charge in [0.1, 0.15) is 0 Å². The van der Waals surface area contributed by atoms with Gasteiger partial charge in [-0.25, -0.2) is 9.97 Å². The van der Waals surface area contributed by atoms with Crippen molar-refractivity contribution in [1.82, 2.24) is 14.5 Å². The van der Waals surface area contributed by atoms with Crippen LogP contribution in [0.2, 0.25) is 0 Å². The van der Waals surface area contributed by atoms with E-state index >= 15 is 0 Å². The van der Waals surface area contributed by atoms with Gasteiger partial charge in [0.2, 0.25) is 0 Å². The lowest BCUT2D eigenvalue weighted by Gasteiger charge is -2.22. The highest BCUT2D eigenvalue weighted by atomic mass is 19.4. The minimum Gasteiger partial charge on any atom is -0.308 e. The number of aromatic nitrogens is 3. The second kappa shape index (κ2) is 14.4. The Hall–Kier alpha value is -7.81. The third-order valence-electron chi connectivity index (χ3n) is 10.4. The molecule has 2 aromatic heterocycles. The zero-order chi connectivity index (χ0) is 40.0. The van der Waals surface area contributed by atoms with E-state index < -0.39 is 11.7 Å². The smallest absolute Gasteiger partial charge is 0.308 e. The molecule has 276 valence electrons. The van der Waals surface area contributed by atoms with Crippen molar-refractivity contribution < 1.29 is 13.2 Å². The van der Waals surface area contributed by atoms with Gasteiger partial charge in [-0.15, -0.1) is 0 Å². The van der Waals surface area contributed by atoms with Gasteiger partial charge in [-0.3, -0.25) is 0 Å². The number of aryl methyl sites for hydroxylation is 1. The molecule has 0 saturated carbocycles. The number of hydrogen-bond donors (Lipinski definition) is 0. The van der Waals surface area contributed by atoms with Gasteiger partial charge in [-0.1, -0.05) is 109 Å². The highest BCUT2D eigenvalue weighted by Gasteiger charge is 2.32. The summed E-state index contributed by atoms with van der Waals surface area (Å²) in [6.07, 6.45) is -4.56. The average Bonchev–Trinajstić information content (AvgIpc) is 3.58. The van der Waals surface area contributed by atoms with E-state index in [4.69, 9.17) is 9.97 Å². The maximum Gasteiger partial charge on any atom is 0.416 e. The van der Waals surface area contributed by atoms with Crippen molar-refractivity contribution >= 4 is 21.8 Å². The molecule has 0 aliphatic rings. The predicted molar refractivity (Wildman–Crippen MR) is 223 cm³/mol. The van der Waals surface area contributed by atoms with Gasteiger partial charge >= 0.3 is 6.18 Å². The first-order valence-corrected chi connectivity index (χ1v) is 18.5. The van der Waals surface area contributed by atoms with Crippen LogP contribution in [0.25, 0.3) is 83.6 Å². The topological polar surface area (TPSA) is 78.3 Å². The Morgan fingerprint density at radius 3 is 1.50 bits per heavy atom. The summed E-state index contributed by atoms with van der Waals surface area (Å²) >= 11 is 0. The molecule has 8 heteroatoms. The van der Waals surface area contributed by atoms with Gasteiger partial charge < -0.3 is 4.57 Å². The van der Waals surface area contributed by atoms with E-state index in [-0.39, 0.29) is 0 Å². The maximum absolute atomic E-state index is 14.3. The van der Waals surface area contributed by atoms with Crippen molar-refractivity contribution in [3.05, 3.63) is 186 Å². The first-order chi connectivity index (χ1) is 28.2. The van der Waals surface area contributed by atoms with E-state index in [0.29, 0.717) is 83.6 Å². The summed E-state index contributed by atoms with van der Waals surface area (Å²) in [7, 11) is 0. The zero-order valence-corrected chi connectivity index (χ0v) is 31.0. The molecular formula is C50H30F3N5. The summed E-state index contributed by atoms with van der Waals surface area (Å²) in [4.78, 5) is 10.3. The number of hydrogen-bond acceptors (Lipinski definition) is 4. The summed E-state index contributed by atoms with van der Waals surface area (Å²) in [5.74, 6) is 0.408. The molecule has 7 aromatic carbocycles. The predicted octanol–water partition coefficient (Wildman–Crippen LogP) is 13.0. The number of alkyl halides is 3. The van der Waals surface area contributed by atoms with Gasteiger partial charge in [-0.2, -0.15) is 23.7 Å². The monoisotopic (exact) mass is 757 g/mol. The number of nitriles is 2.